The van der Waals surface area contributed by atoms with Gasteiger partial charge < -0.3 is 10.1 Å². The van der Waals surface area contributed by atoms with Crippen molar-refractivity contribution < 1.29 is 44.3 Å². The summed E-state index contributed by atoms with van der Waals surface area (Å²) in [5.41, 5.74) is 27.3. The van der Waals surface area contributed by atoms with E-state index in [0.717, 1.165) is 89.6 Å². The molecule has 148 heavy (non-hydrogen) atoms. The molecule has 8 nitrogen and oxygen atoms in total. The maximum atomic E-state index is 13.7. The van der Waals surface area contributed by atoms with E-state index in [1.165, 1.54) is 83.5 Å². The van der Waals surface area contributed by atoms with Crippen molar-refractivity contribution in [2.75, 3.05) is 5.32 Å². The molecule has 18 aromatic carbocycles. The number of sulfone groups is 2. The first-order valence-electron chi connectivity index (χ1n) is 49.3. The van der Waals surface area contributed by atoms with E-state index in [9.17, 15) is 39.6 Å². The van der Waals surface area contributed by atoms with Crippen LogP contribution in [0.1, 0.15) is 175 Å². The minimum Gasteiger partial charge on any atom is -0.457 e. The Morgan fingerprint density at radius 2 is 0.446 bits per heavy atom. The third-order valence-electron chi connectivity index (χ3n) is 24.8. The smallest absolute Gasteiger partial charge is 0.402 e. The molecule has 1 N–H and O–H groups in total. The molecule has 0 aliphatic rings. The molecule has 18 aromatic rings. The first kappa shape index (κ1) is 115. The lowest BCUT2D eigenvalue weighted by molar-refractivity contribution is -0.173. The molecular weight excluding hydrogens is 1890 g/mol. The molecule has 0 atom stereocenters. The number of hydrogen-bond acceptors (Lipinski definition) is 9. The van der Waals surface area contributed by atoms with Gasteiger partial charge in [0.05, 0.1) is 19.6 Å². The third-order valence-corrected chi connectivity index (χ3v) is 29.3. The first-order valence-corrected chi connectivity index (χ1v) is 53.1. The lowest BCUT2D eigenvalue weighted by Crippen LogP contribution is -2.40. The molecule has 0 radical (unpaired) electrons. The number of carbonyl (C=O) groups excluding carboxylic acids is 2. The Morgan fingerprint density at radius 3 is 0.709 bits per heavy atom. The lowest BCUT2D eigenvalue weighted by atomic mass is 9.75. The molecule has 0 heterocycles. The molecule has 0 fully saturated rings. The molecule has 0 saturated heterocycles. The number of rotatable bonds is 18. The van der Waals surface area contributed by atoms with Crippen LogP contribution in [-0.2, 0) is 30.5 Å². The van der Waals surface area contributed by atoms with Crippen LogP contribution in [0.4, 0.5) is 24.5 Å². The van der Waals surface area contributed by atoms with Crippen molar-refractivity contribution in [3.05, 3.63) is 581 Å². The van der Waals surface area contributed by atoms with Crippen LogP contribution in [-0.4, -0.2) is 34.6 Å². The van der Waals surface area contributed by atoms with Crippen molar-refractivity contribution in [3.63, 3.8) is 0 Å². The molecule has 0 aromatic heterocycles. The number of ketones is 2. The SMILES string of the molecule is Cc1ccc(C(=O)c2ccc(C)cc2)cc1.Cc1ccc(C(C)(C)c2ccc(C)cc2)cc1.Cc1ccc(C(C)(c2ccc(C)cc2)C(F)(F)F)cc1.Cc1ccc(Nc2ccc(C)cc2)cc1.Cc1ccc(Oc2ccc(C)cc2)cc1.Cc1ccc(S(=O)(=O)c2ccc(C)cc2)cc1.Cc1ccc(Sc2ccc(C)cc2)cc1.Cc1cccc(C(=O)c2cccc(C)c2)c1.Cc1cccc(S(=O)(=O)c2cccc(C)c2)c1. The van der Waals surface area contributed by atoms with E-state index in [2.05, 4.69) is 220 Å². The molecule has 0 aliphatic heterocycles. The number of ether oxygens (including phenoxy) is 1. The molecule has 758 valence electrons. The Labute approximate surface area is 882 Å². The molecule has 0 aliphatic carbocycles. The standard InChI is InChI=1S/C17H17F3.C17H20.2C15H14O.C14H15N.2C14H14O2S.C14H14O.C14H14S/c1-12-4-8-14(9-5-12)16(3,17(18,19)20)15-10-6-13(2)7-11-15;1-13-5-9-15(10-6-13)17(3,4)16-11-7-14(2)8-12-16;1-11-3-7-13(8-4-11)15(16)14-9-5-12(2)6-10-14;1-11-5-3-7-13(9-11)15(16)14-8-4-6-12(2)10-14;1-11-3-7-13(8-4-11)15-14-9-5-12(2)6-10-14;1-11-3-7-13(8-4-11)17(15,16)14-9-5-12(2)6-10-14;1-11-5-3-7-13(9-11)17(15,16)14-8-4-6-12(2)10-14;2*1-11-3-7-13(8-4-11)15-14-9-5-12(2)6-10-14/h4-11H,1-3H3;5-12H,1-4H3;2*3-10H,1-2H3;3-10,15H,1-2H3;2*3-10H,1-2H3;2*3-10H,1-2H3. The summed E-state index contributed by atoms with van der Waals surface area (Å²) in [5, 5.41) is 3.36. The van der Waals surface area contributed by atoms with Crippen molar-refractivity contribution >= 4 is 54.4 Å². The quantitative estimate of drug-likeness (QED) is 0.0837. The largest absolute Gasteiger partial charge is 0.457 e. The van der Waals surface area contributed by atoms with Crippen LogP contribution in [0, 0.1) is 125 Å². The lowest BCUT2D eigenvalue weighted by Gasteiger charge is -2.33. The average molecular weight is 2030 g/mol. The number of carbonyl (C=O) groups is 2. The summed E-state index contributed by atoms with van der Waals surface area (Å²) >= 11 is 1.80. The second-order valence-electron chi connectivity index (χ2n) is 38.4. The van der Waals surface area contributed by atoms with Crippen LogP contribution < -0.4 is 10.1 Å². The Morgan fingerprint density at radius 1 is 0.230 bits per heavy atom. The van der Waals surface area contributed by atoms with Gasteiger partial charge >= 0.3 is 6.18 Å². The predicted molar refractivity (Wildman–Crippen MR) is 611 cm³/mol. The van der Waals surface area contributed by atoms with Gasteiger partial charge in [0.2, 0.25) is 19.7 Å². The molecular formula is C134H136F3NO7S3. The summed E-state index contributed by atoms with van der Waals surface area (Å²) in [5.74, 6) is 1.93. The van der Waals surface area contributed by atoms with Gasteiger partial charge in [0.15, 0.2) is 11.6 Å². The number of halogens is 3. The molecule has 0 bridgehead atoms. The van der Waals surface area contributed by atoms with Crippen LogP contribution in [0.25, 0.3) is 0 Å². The van der Waals surface area contributed by atoms with Gasteiger partial charge in [-0.15, -0.1) is 0 Å². The summed E-state index contributed by atoms with van der Waals surface area (Å²) in [6, 6.07) is 139. The Bertz CT molecular complexity index is 6880. The fourth-order valence-electron chi connectivity index (χ4n) is 15.1. The fraction of sp³-hybridized carbons (Fsp3) is 0.179. The summed E-state index contributed by atoms with van der Waals surface area (Å²) in [6.07, 6.45) is -4.35. The van der Waals surface area contributed by atoms with Crippen molar-refractivity contribution in [1.82, 2.24) is 0 Å². The number of aryl methyl sites for hydroxylation is 18. The van der Waals surface area contributed by atoms with Gasteiger partial charge in [-0.25, -0.2) is 16.8 Å². The fourth-order valence-corrected chi connectivity index (χ4v) is 18.6. The van der Waals surface area contributed by atoms with Crippen LogP contribution in [0.2, 0.25) is 0 Å². The van der Waals surface area contributed by atoms with Gasteiger partial charge in [-0.3, -0.25) is 9.59 Å². The molecule has 0 spiro atoms. The van der Waals surface area contributed by atoms with E-state index in [0.29, 0.717) is 19.6 Å². The zero-order chi connectivity index (χ0) is 107. The van der Waals surface area contributed by atoms with Gasteiger partial charge in [0.25, 0.3) is 0 Å². The van der Waals surface area contributed by atoms with E-state index in [-0.39, 0.29) is 28.1 Å². The van der Waals surface area contributed by atoms with Crippen molar-refractivity contribution in [3.8, 4) is 11.5 Å². The number of anilines is 2. The highest BCUT2D eigenvalue weighted by atomic mass is 32.2. The van der Waals surface area contributed by atoms with Crippen LogP contribution in [0.5, 0.6) is 11.5 Å². The van der Waals surface area contributed by atoms with E-state index in [1.54, 1.807) is 145 Å². The van der Waals surface area contributed by atoms with Crippen molar-refractivity contribution in [2.45, 2.75) is 192 Å². The zero-order valence-corrected chi connectivity index (χ0v) is 91.2. The molecule has 18 rings (SSSR count). The average Bonchev–Trinajstić information content (AvgIpc) is 0.752. The Balaban J connectivity index is 0.000000171. The highest BCUT2D eigenvalue weighted by molar-refractivity contribution is 7.99. The number of hydrogen-bond donors (Lipinski definition) is 1. The minimum absolute atomic E-state index is 0.0708. The third kappa shape index (κ3) is 35.4. The maximum Gasteiger partial charge on any atom is 0.402 e. The molecule has 14 heteroatoms. The predicted octanol–water partition coefficient (Wildman–Crippen LogP) is 35.7. The molecule has 0 unspecified atom stereocenters. The van der Waals surface area contributed by atoms with E-state index >= 15 is 0 Å². The number of nitrogens with one attached hydrogen (secondary N) is 1. The molecule has 0 amide bonds. The summed E-state index contributed by atoms with van der Waals surface area (Å²) in [6.45, 7) is 42.0. The molecule has 0 saturated carbocycles. The Hall–Kier alpha value is -15.1. The monoisotopic (exact) mass is 2020 g/mol. The summed E-state index contributed by atoms with van der Waals surface area (Å²) < 4.78 is 95.9. The maximum absolute atomic E-state index is 13.7. The van der Waals surface area contributed by atoms with Crippen LogP contribution >= 0.6 is 11.8 Å². The van der Waals surface area contributed by atoms with E-state index < -0.39 is 31.3 Å². The van der Waals surface area contributed by atoms with E-state index in [1.807, 2.05) is 227 Å². The highest BCUT2D eigenvalue weighted by Crippen LogP contribution is 2.46. The second-order valence-corrected chi connectivity index (χ2v) is 43.5. The number of benzene rings is 18. The van der Waals surface area contributed by atoms with Crippen molar-refractivity contribution in [1.29, 1.82) is 0 Å². The Kier molecular flexibility index (Phi) is 42.2. The second kappa shape index (κ2) is 54.4. The van der Waals surface area contributed by atoms with Gasteiger partial charge in [0.1, 0.15) is 16.9 Å². The van der Waals surface area contributed by atoms with Crippen molar-refractivity contribution in [2.24, 2.45) is 0 Å². The summed E-state index contributed by atoms with van der Waals surface area (Å²) in [4.78, 5) is 28.2. The first-order chi connectivity index (χ1) is 70.3. The zero-order valence-electron chi connectivity index (χ0n) is 88.8. The highest BCUT2D eigenvalue weighted by Gasteiger charge is 2.53. The van der Waals surface area contributed by atoms with E-state index in [4.69, 9.17) is 4.74 Å². The summed E-state index contributed by atoms with van der Waals surface area (Å²) in [7, 11) is -6.76. The van der Waals surface area contributed by atoms with Gasteiger partial charge in [-0.2, -0.15) is 13.2 Å². The van der Waals surface area contributed by atoms with Gasteiger partial charge in [0, 0.05) is 48.8 Å². The van der Waals surface area contributed by atoms with Crippen LogP contribution in [0.15, 0.2) is 466 Å². The topological polar surface area (TPSA) is 124 Å². The normalized spacial score (nSPS) is 10.9. The van der Waals surface area contributed by atoms with Crippen LogP contribution in [0.3, 0.4) is 0 Å². The van der Waals surface area contributed by atoms with Gasteiger partial charge in [-0.05, 0) is 298 Å². The number of alkyl halides is 3. The van der Waals surface area contributed by atoms with Gasteiger partial charge in [-0.1, -0.05) is 418 Å². The minimum atomic E-state index is -4.35.